The Kier molecular flexibility index (Phi) is 14.8. The molecule has 18 heteroatoms. The Morgan fingerprint density at radius 1 is 1.03 bits per heavy atom. The number of ketones is 1. The summed E-state index contributed by atoms with van der Waals surface area (Å²) in [6, 6.07) is 6.21. The van der Waals surface area contributed by atoms with E-state index in [0.717, 1.165) is 50.7 Å². The summed E-state index contributed by atoms with van der Waals surface area (Å²) in [4.78, 5) is 66.5. The van der Waals surface area contributed by atoms with E-state index in [1.165, 1.54) is 23.3 Å². The van der Waals surface area contributed by atoms with Crippen molar-refractivity contribution >= 4 is 75.6 Å². The average molecular weight is 988 g/mol. The Morgan fingerprint density at radius 2 is 1.80 bits per heavy atom. The Hall–Kier alpha value is -4.14. The SMILES string of the molecule is COc1ccc2c(O[C@@H]3C[C@H]4C(=O)C[C@]5(P(=O)(O)Cc6c(F)ccc(Cl)c6F)C[C@H]5/C=C\CCCCC[C@H](CC(=O)OC5CCCC5)C(=O)N4C3)cc(-c3csc(NC(C)C)n3)nc2c1Cl. The molecule has 1 unspecified atom stereocenters. The number of hydrogen-bond donors (Lipinski definition) is 2. The monoisotopic (exact) mass is 986 g/mol. The third-order valence-electron chi connectivity index (χ3n) is 13.4. The summed E-state index contributed by atoms with van der Waals surface area (Å²) in [5.41, 5.74) is 0.792. The van der Waals surface area contributed by atoms with Gasteiger partial charge in [0.15, 0.2) is 10.9 Å². The fourth-order valence-corrected chi connectivity index (χ4v) is 13.6. The lowest BCUT2D eigenvalue weighted by Gasteiger charge is -2.30. The molecule has 3 fully saturated rings. The van der Waals surface area contributed by atoms with E-state index >= 15 is 8.78 Å². The molecular formula is C48H55Cl2F2N4O8PS. The van der Waals surface area contributed by atoms with Crippen molar-refractivity contribution in [2.75, 3.05) is 19.0 Å². The van der Waals surface area contributed by atoms with Crippen molar-refractivity contribution in [3.63, 3.8) is 0 Å². The molecule has 2 N–H and O–H groups in total. The molecule has 4 aliphatic rings. The maximum atomic E-state index is 15.3. The first-order valence-electron chi connectivity index (χ1n) is 22.8. The maximum Gasteiger partial charge on any atom is 0.306 e. The summed E-state index contributed by atoms with van der Waals surface area (Å²) in [5, 5.41) is 4.72. The third kappa shape index (κ3) is 10.3. The lowest BCUT2D eigenvalue weighted by atomic mass is 9.94. The van der Waals surface area contributed by atoms with Crippen molar-refractivity contribution in [1.82, 2.24) is 14.9 Å². The lowest BCUT2D eigenvalue weighted by Crippen LogP contribution is -2.45. The zero-order valence-electron chi connectivity index (χ0n) is 37.2. The van der Waals surface area contributed by atoms with Crippen LogP contribution in [-0.4, -0.2) is 80.5 Å². The molecule has 2 aliphatic heterocycles. The molecule has 354 valence electrons. The van der Waals surface area contributed by atoms with Crippen LogP contribution in [0, 0.1) is 23.5 Å². The van der Waals surface area contributed by atoms with Crippen molar-refractivity contribution in [1.29, 1.82) is 0 Å². The lowest BCUT2D eigenvalue weighted by molar-refractivity contribution is -0.154. The highest BCUT2D eigenvalue weighted by atomic mass is 35.5. The number of esters is 1. The van der Waals surface area contributed by atoms with Crippen molar-refractivity contribution in [2.45, 2.75) is 133 Å². The van der Waals surface area contributed by atoms with Gasteiger partial charge < -0.3 is 29.3 Å². The minimum atomic E-state index is -4.57. The summed E-state index contributed by atoms with van der Waals surface area (Å²) < 4.78 is 63.2. The first kappa shape index (κ1) is 48.3. The van der Waals surface area contributed by atoms with E-state index in [1.54, 1.807) is 18.2 Å². The second-order valence-corrected chi connectivity index (χ2v) is 22.7. The summed E-state index contributed by atoms with van der Waals surface area (Å²) in [5.74, 6) is -4.08. The van der Waals surface area contributed by atoms with Crippen LogP contribution in [0.4, 0.5) is 13.9 Å². The minimum absolute atomic E-state index is 0.00980. The second kappa shape index (κ2) is 20.2. The van der Waals surface area contributed by atoms with Gasteiger partial charge in [-0.2, -0.15) is 0 Å². The van der Waals surface area contributed by atoms with Gasteiger partial charge in [0.25, 0.3) is 0 Å². The van der Waals surface area contributed by atoms with Gasteiger partial charge in [0, 0.05) is 47.2 Å². The highest BCUT2D eigenvalue weighted by Crippen LogP contribution is 2.74. The predicted molar refractivity (Wildman–Crippen MR) is 252 cm³/mol. The van der Waals surface area contributed by atoms with Gasteiger partial charge in [-0.3, -0.25) is 18.9 Å². The van der Waals surface area contributed by atoms with Gasteiger partial charge in [0.05, 0.1) is 53.7 Å². The highest BCUT2D eigenvalue weighted by molar-refractivity contribution is 7.59. The molecule has 4 heterocycles. The van der Waals surface area contributed by atoms with Gasteiger partial charge in [0.2, 0.25) is 13.3 Å². The Morgan fingerprint density at radius 3 is 2.56 bits per heavy atom. The largest absolute Gasteiger partial charge is 0.495 e. The van der Waals surface area contributed by atoms with E-state index in [1.807, 2.05) is 31.4 Å². The number of aromatic nitrogens is 2. The first-order chi connectivity index (χ1) is 31.6. The summed E-state index contributed by atoms with van der Waals surface area (Å²) in [6.07, 6.45) is 8.12. The number of rotatable bonds is 12. The first-order valence-corrected chi connectivity index (χ1v) is 26.3. The minimum Gasteiger partial charge on any atom is -0.495 e. The number of hydrogen-bond acceptors (Lipinski definition) is 11. The summed E-state index contributed by atoms with van der Waals surface area (Å²) in [6.45, 7) is 3.97. The fraction of sp³-hybridized carbons (Fsp3) is 0.521. The van der Waals surface area contributed by atoms with E-state index in [2.05, 4.69) is 5.32 Å². The normalized spacial score (nSPS) is 25.4. The molecule has 2 aromatic heterocycles. The van der Waals surface area contributed by atoms with E-state index < -0.39 is 89.0 Å². The van der Waals surface area contributed by atoms with Gasteiger partial charge >= 0.3 is 5.97 Å². The number of nitrogens with zero attached hydrogens (tertiary/aromatic N) is 3. The number of benzene rings is 2. The number of halogens is 4. The summed E-state index contributed by atoms with van der Waals surface area (Å²) >= 11 is 14.3. The Balaban J connectivity index is 1.15. The number of nitrogens with one attached hydrogen (secondary N) is 1. The molecule has 1 saturated heterocycles. The molecule has 2 aromatic carbocycles. The number of carbonyl (C=O) groups excluding carboxylic acids is 3. The van der Waals surface area contributed by atoms with Crippen LogP contribution < -0.4 is 14.8 Å². The zero-order valence-corrected chi connectivity index (χ0v) is 40.4. The quantitative estimate of drug-likeness (QED) is 0.0602. The smallest absolute Gasteiger partial charge is 0.306 e. The Labute approximate surface area is 397 Å². The molecule has 4 aromatic rings. The molecule has 8 rings (SSSR count). The molecule has 1 amide bonds. The van der Waals surface area contributed by atoms with Crippen LogP contribution in [0.3, 0.4) is 0 Å². The number of fused-ring (bicyclic) bond motifs is 3. The predicted octanol–water partition coefficient (Wildman–Crippen LogP) is 11.3. The van der Waals surface area contributed by atoms with E-state index in [-0.39, 0.29) is 43.0 Å². The summed E-state index contributed by atoms with van der Waals surface area (Å²) in [7, 11) is -3.06. The molecule has 0 bridgehead atoms. The van der Waals surface area contributed by atoms with Crippen LogP contribution in [0.25, 0.3) is 22.3 Å². The van der Waals surface area contributed by atoms with Gasteiger partial charge in [-0.15, -0.1) is 11.3 Å². The molecule has 12 nitrogen and oxygen atoms in total. The fourth-order valence-electron chi connectivity index (χ4n) is 9.79. The molecular weight excluding hydrogens is 932 g/mol. The molecule has 66 heavy (non-hydrogen) atoms. The number of pyridine rings is 1. The van der Waals surface area contributed by atoms with Gasteiger partial charge in [-0.1, -0.05) is 48.2 Å². The van der Waals surface area contributed by atoms with Crippen LogP contribution in [0.5, 0.6) is 11.5 Å². The van der Waals surface area contributed by atoms with Gasteiger partial charge in [-0.05, 0) is 95.4 Å². The number of anilines is 1. The highest BCUT2D eigenvalue weighted by Gasteiger charge is 2.65. The van der Waals surface area contributed by atoms with Crippen molar-refractivity contribution < 1.29 is 46.8 Å². The number of methoxy groups -OCH3 is 1. The third-order valence-corrected chi connectivity index (χ3v) is 17.6. The maximum absolute atomic E-state index is 15.3. The molecule has 6 atom stereocenters. The average Bonchev–Trinajstić information content (AvgIpc) is 3.69. The number of allylic oxidation sites excluding steroid dienone is 2. The van der Waals surface area contributed by atoms with Crippen molar-refractivity contribution in [3.05, 3.63) is 75.1 Å². The van der Waals surface area contributed by atoms with Crippen molar-refractivity contribution in [3.8, 4) is 22.9 Å². The topological polar surface area (TPSA) is 157 Å². The molecule has 0 spiro atoms. The van der Waals surface area contributed by atoms with Crippen LogP contribution in [0.15, 0.2) is 47.9 Å². The number of Topliss-reactive ketones (excluding diaryl/α,β-unsaturated/α-hetero) is 1. The second-order valence-electron chi connectivity index (χ2n) is 18.4. The number of carbonyl (C=O) groups is 3. The van der Waals surface area contributed by atoms with Crippen LogP contribution in [0.2, 0.25) is 10.0 Å². The number of thiazole rings is 1. The van der Waals surface area contributed by atoms with E-state index in [9.17, 15) is 23.8 Å². The van der Waals surface area contributed by atoms with E-state index in [0.29, 0.717) is 58.2 Å². The molecule has 2 saturated carbocycles. The van der Waals surface area contributed by atoms with Crippen LogP contribution in [0.1, 0.15) is 103 Å². The number of amides is 1. The van der Waals surface area contributed by atoms with Crippen LogP contribution in [-0.2, 0) is 29.8 Å². The Bertz CT molecular complexity index is 2570. The van der Waals surface area contributed by atoms with Crippen molar-refractivity contribution in [2.24, 2.45) is 11.8 Å². The van der Waals surface area contributed by atoms with Gasteiger partial charge in [-0.25, -0.2) is 18.7 Å². The standard InChI is InChI=1S/C48H55Cl2F2N4O8PS/c1-27(2)53-47-55-37(26-66-47)36-21-41(32-15-18-40(62-3)43(50)45(32)54-36)63-31-20-38-39(57)23-48(65(60,61)25-33-35(51)17-16-34(49)44(33)52)22-29(48)12-8-6-4-5-7-11-28(46(59)56(38)24-31)19-42(58)64-30-13-9-10-14-30/h8,12,15-18,21,26-31,38H,4-7,9-11,13-14,19-20,22-25H2,1-3H3,(H,53,55)(H,60,61)/b12-8-/t28-,29-,31-,38+,48-/m1/s1. The van der Waals surface area contributed by atoms with Gasteiger partial charge in [0.1, 0.15) is 46.1 Å². The van der Waals surface area contributed by atoms with E-state index in [4.69, 9.17) is 47.4 Å². The van der Waals surface area contributed by atoms with Crippen LogP contribution >= 0.6 is 41.9 Å². The zero-order chi connectivity index (χ0) is 46.9. The molecule has 0 radical (unpaired) electrons. The number of ether oxygens (including phenoxy) is 3. The molecule has 2 aliphatic carbocycles.